The zero-order chi connectivity index (χ0) is 20.2. The van der Waals surface area contributed by atoms with E-state index in [0.29, 0.717) is 12.8 Å². The highest BCUT2D eigenvalue weighted by molar-refractivity contribution is 7.86. The van der Waals surface area contributed by atoms with Gasteiger partial charge in [0.1, 0.15) is 0 Å². The maximum Gasteiger partial charge on any atom is 0.267 e. The van der Waals surface area contributed by atoms with Crippen LogP contribution in [-0.4, -0.2) is 18.2 Å². The molecule has 164 valence electrons. The van der Waals surface area contributed by atoms with Gasteiger partial charge in [0, 0.05) is 0 Å². The first-order chi connectivity index (χ1) is 13.0. The Hall–Kier alpha value is -0.0900. The summed E-state index contributed by atoms with van der Waals surface area (Å²) in [6.45, 7) is 4.47. The van der Waals surface area contributed by atoms with Gasteiger partial charge in [0.2, 0.25) is 0 Å². The molecule has 1 unspecified atom stereocenters. The lowest BCUT2D eigenvalue weighted by Crippen LogP contribution is -2.20. The Morgan fingerprint density at radius 3 is 1.04 bits per heavy atom. The standard InChI is InChI=1S/C23H48O3S/c1-3-5-7-9-11-13-14-16-18-20-22-23(27(24,25)26)21-19-17-15-12-10-8-6-4-2/h23H,3-22H2,1-2H3,(H,24,25,26). The lowest BCUT2D eigenvalue weighted by atomic mass is 10.0. The van der Waals surface area contributed by atoms with Gasteiger partial charge in [-0.05, 0) is 12.8 Å². The molecule has 0 rings (SSSR count). The van der Waals surface area contributed by atoms with Gasteiger partial charge in [-0.1, -0.05) is 129 Å². The largest absolute Gasteiger partial charge is 0.285 e. The second-order valence-corrected chi connectivity index (χ2v) is 10.1. The smallest absolute Gasteiger partial charge is 0.267 e. The van der Waals surface area contributed by atoms with Crippen molar-refractivity contribution >= 4 is 10.1 Å². The van der Waals surface area contributed by atoms with Crippen molar-refractivity contribution in [3.63, 3.8) is 0 Å². The molecule has 0 bridgehead atoms. The van der Waals surface area contributed by atoms with E-state index in [1.807, 2.05) is 0 Å². The maximum atomic E-state index is 11.6. The molecule has 1 N–H and O–H groups in total. The highest BCUT2D eigenvalue weighted by Gasteiger charge is 2.21. The summed E-state index contributed by atoms with van der Waals surface area (Å²) in [5.74, 6) is 0. The van der Waals surface area contributed by atoms with Crippen LogP contribution in [-0.2, 0) is 10.1 Å². The summed E-state index contributed by atoms with van der Waals surface area (Å²) in [6, 6.07) is 0. The van der Waals surface area contributed by atoms with Gasteiger partial charge >= 0.3 is 0 Å². The van der Waals surface area contributed by atoms with E-state index in [-0.39, 0.29) is 0 Å². The Labute approximate surface area is 170 Å². The molecular weight excluding hydrogens is 356 g/mol. The van der Waals surface area contributed by atoms with E-state index in [0.717, 1.165) is 25.7 Å². The zero-order valence-electron chi connectivity index (χ0n) is 18.4. The van der Waals surface area contributed by atoms with E-state index >= 15 is 0 Å². The van der Waals surface area contributed by atoms with Crippen molar-refractivity contribution in [1.29, 1.82) is 0 Å². The maximum absolute atomic E-state index is 11.6. The zero-order valence-corrected chi connectivity index (χ0v) is 19.2. The first kappa shape index (κ1) is 26.9. The fourth-order valence-electron chi connectivity index (χ4n) is 3.81. The first-order valence-electron chi connectivity index (χ1n) is 12.0. The van der Waals surface area contributed by atoms with Crippen LogP contribution in [0.4, 0.5) is 0 Å². The summed E-state index contributed by atoms with van der Waals surface area (Å²) in [7, 11) is -3.88. The fourth-order valence-corrected chi connectivity index (χ4v) is 4.74. The quantitative estimate of drug-likeness (QED) is 0.155. The summed E-state index contributed by atoms with van der Waals surface area (Å²) in [5, 5.41) is -0.536. The van der Waals surface area contributed by atoms with Crippen molar-refractivity contribution < 1.29 is 13.0 Å². The molecule has 0 aliphatic carbocycles. The van der Waals surface area contributed by atoms with Gasteiger partial charge in [0.25, 0.3) is 10.1 Å². The van der Waals surface area contributed by atoms with Crippen molar-refractivity contribution in [3.8, 4) is 0 Å². The third-order valence-electron chi connectivity index (χ3n) is 5.68. The summed E-state index contributed by atoms with van der Waals surface area (Å²) < 4.78 is 32.7. The number of rotatable bonds is 21. The Morgan fingerprint density at radius 1 is 0.519 bits per heavy atom. The molecule has 0 aliphatic heterocycles. The molecule has 0 fully saturated rings. The van der Waals surface area contributed by atoms with Crippen molar-refractivity contribution in [2.45, 2.75) is 148 Å². The second-order valence-electron chi connectivity index (χ2n) is 8.37. The minimum absolute atomic E-state index is 0.536. The van der Waals surface area contributed by atoms with Crippen molar-refractivity contribution in [1.82, 2.24) is 0 Å². The minimum atomic E-state index is -3.88. The lowest BCUT2D eigenvalue weighted by Gasteiger charge is -2.13. The van der Waals surface area contributed by atoms with Crippen LogP contribution in [0.5, 0.6) is 0 Å². The average molecular weight is 405 g/mol. The number of unbranched alkanes of at least 4 members (excludes halogenated alkanes) is 16. The predicted molar refractivity (Wildman–Crippen MR) is 119 cm³/mol. The predicted octanol–water partition coefficient (Wildman–Crippen LogP) is 8.08. The molecule has 0 aliphatic rings. The van der Waals surface area contributed by atoms with Crippen molar-refractivity contribution in [2.24, 2.45) is 0 Å². The second kappa shape index (κ2) is 19.2. The van der Waals surface area contributed by atoms with E-state index in [4.69, 9.17) is 0 Å². The molecule has 0 aromatic heterocycles. The van der Waals surface area contributed by atoms with Gasteiger partial charge in [-0.2, -0.15) is 8.42 Å². The minimum Gasteiger partial charge on any atom is -0.285 e. The Kier molecular flexibility index (Phi) is 19.2. The summed E-state index contributed by atoms with van der Waals surface area (Å²) in [5.41, 5.74) is 0. The summed E-state index contributed by atoms with van der Waals surface area (Å²) >= 11 is 0. The molecule has 0 radical (unpaired) electrons. The molecule has 0 aromatic carbocycles. The third kappa shape index (κ3) is 19.0. The van der Waals surface area contributed by atoms with Crippen LogP contribution in [0.25, 0.3) is 0 Å². The van der Waals surface area contributed by atoms with Gasteiger partial charge < -0.3 is 0 Å². The number of hydrogen-bond donors (Lipinski definition) is 1. The van der Waals surface area contributed by atoms with Crippen molar-refractivity contribution in [2.75, 3.05) is 0 Å². The molecule has 3 nitrogen and oxygen atoms in total. The van der Waals surface area contributed by atoms with Crippen LogP contribution in [0, 0.1) is 0 Å². The van der Waals surface area contributed by atoms with Gasteiger partial charge in [-0.25, -0.2) is 0 Å². The van der Waals surface area contributed by atoms with Crippen LogP contribution in [0.1, 0.15) is 142 Å². The highest BCUT2D eigenvalue weighted by Crippen LogP contribution is 2.19. The Morgan fingerprint density at radius 2 is 0.778 bits per heavy atom. The van der Waals surface area contributed by atoms with Gasteiger partial charge in [-0.3, -0.25) is 4.55 Å². The molecule has 4 heteroatoms. The van der Waals surface area contributed by atoms with Gasteiger partial charge in [-0.15, -0.1) is 0 Å². The van der Waals surface area contributed by atoms with E-state index in [1.165, 1.54) is 89.9 Å². The highest BCUT2D eigenvalue weighted by atomic mass is 32.2. The van der Waals surface area contributed by atoms with Crippen LogP contribution >= 0.6 is 0 Å². The monoisotopic (exact) mass is 404 g/mol. The van der Waals surface area contributed by atoms with Gasteiger partial charge in [0.15, 0.2) is 0 Å². The molecule has 0 amide bonds. The summed E-state index contributed by atoms with van der Waals surface area (Å²) in [6.07, 6.45) is 23.5. The number of hydrogen-bond acceptors (Lipinski definition) is 2. The molecule has 1 atom stereocenters. The van der Waals surface area contributed by atoms with E-state index in [2.05, 4.69) is 13.8 Å². The van der Waals surface area contributed by atoms with Crippen molar-refractivity contribution in [3.05, 3.63) is 0 Å². The topological polar surface area (TPSA) is 54.4 Å². The first-order valence-corrected chi connectivity index (χ1v) is 13.5. The summed E-state index contributed by atoms with van der Waals surface area (Å²) in [4.78, 5) is 0. The van der Waals surface area contributed by atoms with Gasteiger partial charge in [0.05, 0.1) is 5.25 Å². The normalized spacial score (nSPS) is 13.1. The Balaban J connectivity index is 3.66. The third-order valence-corrected chi connectivity index (χ3v) is 6.99. The van der Waals surface area contributed by atoms with Crippen LogP contribution in [0.2, 0.25) is 0 Å². The molecule has 0 aromatic rings. The van der Waals surface area contributed by atoms with E-state index < -0.39 is 15.4 Å². The molecule has 0 heterocycles. The average Bonchev–Trinajstić information content (AvgIpc) is 2.62. The SMILES string of the molecule is CCCCCCCCCCCCC(CCCCCCCCCC)S(=O)(=O)O. The molecule has 0 saturated carbocycles. The van der Waals surface area contributed by atoms with E-state index in [9.17, 15) is 13.0 Å². The van der Waals surface area contributed by atoms with Crippen LogP contribution in [0.3, 0.4) is 0 Å². The van der Waals surface area contributed by atoms with E-state index in [1.54, 1.807) is 0 Å². The molecule has 0 spiro atoms. The van der Waals surface area contributed by atoms with Crippen LogP contribution < -0.4 is 0 Å². The fraction of sp³-hybridized carbons (Fsp3) is 1.00. The Bertz CT molecular complexity index is 392. The molecule has 0 saturated heterocycles. The molecular formula is C23H48O3S. The lowest BCUT2D eigenvalue weighted by molar-refractivity contribution is 0.442. The molecule has 27 heavy (non-hydrogen) atoms. The van der Waals surface area contributed by atoms with Crippen LogP contribution in [0.15, 0.2) is 0 Å².